The van der Waals surface area contributed by atoms with E-state index >= 15 is 0 Å². The van der Waals surface area contributed by atoms with Crippen molar-refractivity contribution >= 4 is 5.82 Å². The van der Waals surface area contributed by atoms with Crippen molar-refractivity contribution in [2.75, 3.05) is 31.2 Å². The molecule has 2 saturated heterocycles. The molecule has 1 aromatic rings. The van der Waals surface area contributed by atoms with Crippen molar-refractivity contribution in [3.63, 3.8) is 0 Å². The molecular formula is C15H20N2O. The number of aromatic nitrogens is 1. The molecule has 2 aliphatic heterocycles. The van der Waals surface area contributed by atoms with Crippen LogP contribution in [0, 0.1) is 5.41 Å². The second-order valence-corrected chi connectivity index (χ2v) is 6.10. The van der Waals surface area contributed by atoms with Gasteiger partial charge in [-0.25, -0.2) is 4.98 Å². The lowest BCUT2D eigenvalue weighted by Crippen LogP contribution is -2.58. The van der Waals surface area contributed by atoms with Crippen LogP contribution in [0.25, 0.3) is 0 Å². The van der Waals surface area contributed by atoms with Crippen molar-refractivity contribution in [2.24, 2.45) is 5.41 Å². The third-order valence-corrected chi connectivity index (χ3v) is 4.84. The average Bonchev–Trinajstić information content (AvgIpc) is 2.84. The number of pyridine rings is 1. The summed E-state index contributed by atoms with van der Waals surface area (Å²) in [6.07, 6.45) is 6.15. The molecule has 0 unspecified atom stereocenters. The van der Waals surface area contributed by atoms with Crippen LogP contribution in [0.1, 0.15) is 30.5 Å². The number of rotatable bonds is 1. The predicted molar refractivity (Wildman–Crippen MR) is 71.0 cm³/mol. The standard InChI is InChI=1S/C15H20N2O/c1-2-12-4-5-14(16-13(12)3-1)17-10-15(11-17)6-8-18-9-7-15/h4-5H,1-3,6-11H2. The Balaban J connectivity index is 1.49. The van der Waals surface area contributed by atoms with Gasteiger partial charge < -0.3 is 9.64 Å². The highest BCUT2D eigenvalue weighted by Gasteiger charge is 2.44. The molecule has 1 aliphatic carbocycles. The number of hydrogen-bond acceptors (Lipinski definition) is 3. The van der Waals surface area contributed by atoms with Gasteiger partial charge in [0.05, 0.1) is 0 Å². The number of anilines is 1. The zero-order valence-corrected chi connectivity index (χ0v) is 10.8. The molecule has 0 amide bonds. The molecule has 18 heavy (non-hydrogen) atoms. The Morgan fingerprint density at radius 3 is 2.78 bits per heavy atom. The molecule has 3 heteroatoms. The molecule has 4 rings (SSSR count). The zero-order valence-electron chi connectivity index (χ0n) is 10.8. The fourth-order valence-corrected chi connectivity index (χ4v) is 3.63. The summed E-state index contributed by atoms with van der Waals surface area (Å²) < 4.78 is 5.47. The van der Waals surface area contributed by atoms with E-state index in [0.29, 0.717) is 5.41 Å². The fraction of sp³-hybridized carbons (Fsp3) is 0.667. The SMILES string of the molecule is c1cc2c(nc1N1CC3(CCOCC3)C1)CCC2. The minimum Gasteiger partial charge on any atom is -0.381 e. The number of fused-ring (bicyclic) bond motifs is 1. The summed E-state index contributed by atoms with van der Waals surface area (Å²) in [5.74, 6) is 1.20. The summed E-state index contributed by atoms with van der Waals surface area (Å²) in [5.41, 5.74) is 3.36. The molecule has 1 spiro atoms. The van der Waals surface area contributed by atoms with Crippen LogP contribution in [-0.4, -0.2) is 31.3 Å². The van der Waals surface area contributed by atoms with E-state index in [1.807, 2.05) is 0 Å². The van der Waals surface area contributed by atoms with Crippen molar-refractivity contribution in [1.82, 2.24) is 4.98 Å². The van der Waals surface area contributed by atoms with Crippen molar-refractivity contribution < 1.29 is 4.74 Å². The van der Waals surface area contributed by atoms with Crippen LogP contribution in [0.15, 0.2) is 12.1 Å². The Labute approximate surface area is 108 Å². The van der Waals surface area contributed by atoms with Crippen LogP contribution in [0.2, 0.25) is 0 Å². The van der Waals surface area contributed by atoms with E-state index in [2.05, 4.69) is 17.0 Å². The summed E-state index contributed by atoms with van der Waals surface area (Å²) in [7, 11) is 0. The van der Waals surface area contributed by atoms with E-state index in [1.165, 1.54) is 62.3 Å². The Bertz CT molecular complexity index is 458. The van der Waals surface area contributed by atoms with E-state index in [9.17, 15) is 0 Å². The molecule has 2 fully saturated rings. The van der Waals surface area contributed by atoms with Gasteiger partial charge in [-0.1, -0.05) is 6.07 Å². The van der Waals surface area contributed by atoms with E-state index in [0.717, 1.165) is 13.2 Å². The molecule has 3 aliphatic rings. The van der Waals surface area contributed by atoms with E-state index in [1.54, 1.807) is 0 Å². The maximum atomic E-state index is 5.47. The normalized spacial score (nSPS) is 25.0. The molecule has 0 N–H and O–H groups in total. The van der Waals surface area contributed by atoms with Crippen molar-refractivity contribution in [3.8, 4) is 0 Å². The lowest BCUT2D eigenvalue weighted by molar-refractivity contribution is -0.000462. The molecule has 0 aromatic carbocycles. The third-order valence-electron chi connectivity index (χ3n) is 4.84. The first-order valence-corrected chi connectivity index (χ1v) is 7.16. The zero-order chi connectivity index (χ0) is 12.0. The Morgan fingerprint density at radius 2 is 1.94 bits per heavy atom. The van der Waals surface area contributed by atoms with Crippen LogP contribution in [0.3, 0.4) is 0 Å². The van der Waals surface area contributed by atoms with Gasteiger partial charge in [0.1, 0.15) is 5.82 Å². The fourth-order valence-electron chi connectivity index (χ4n) is 3.63. The molecule has 1 aromatic heterocycles. The summed E-state index contributed by atoms with van der Waals surface area (Å²) >= 11 is 0. The van der Waals surface area contributed by atoms with Gasteiger partial charge in [0.15, 0.2) is 0 Å². The maximum Gasteiger partial charge on any atom is 0.128 e. The first-order chi connectivity index (χ1) is 8.85. The van der Waals surface area contributed by atoms with Gasteiger partial charge >= 0.3 is 0 Å². The maximum absolute atomic E-state index is 5.47. The summed E-state index contributed by atoms with van der Waals surface area (Å²) in [4.78, 5) is 7.30. The quantitative estimate of drug-likeness (QED) is 0.757. The lowest BCUT2D eigenvalue weighted by atomic mass is 9.73. The summed E-state index contributed by atoms with van der Waals surface area (Å²) in [6.45, 7) is 4.27. The lowest BCUT2D eigenvalue weighted by Gasteiger charge is -2.52. The van der Waals surface area contributed by atoms with Gasteiger partial charge in [-0.2, -0.15) is 0 Å². The number of aryl methyl sites for hydroxylation is 2. The molecular weight excluding hydrogens is 224 g/mol. The van der Waals surface area contributed by atoms with Gasteiger partial charge in [-0.3, -0.25) is 0 Å². The van der Waals surface area contributed by atoms with Gasteiger partial charge in [0.2, 0.25) is 0 Å². The topological polar surface area (TPSA) is 25.4 Å². The van der Waals surface area contributed by atoms with Gasteiger partial charge in [-0.15, -0.1) is 0 Å². The third kappa shape index (κ3) is 1.64. The molecule has 0 atom stereocenters. The highest BCUT2D eigenvalue weighted by atomic mass is 16.5. The second kappa shape index (κ2) is 3.95. The average molecular weight is 244 g/mol. The first-order valence-electron chi connectivity index (χ1n) is 7.16. The van der Waals surface area contributed by atoms with E-state index in [-0.39, 0.29) is 0 Å². The highest BCUT2D eigenvalue weighted by Crippen LogP contribution is 2.41. The number of hydrogen-bond donors (Lipinski definition) is 0. The van der Waals surface area contributed by atoms with E-state index in [4.69, 9.17) is 9.72 Å². The molecule has 3 nitrogen and oxygen atoms in total. The monoisotopic (exact) mass is 244 g/mol. The minimum absolute atomic E-state index is 0.541. The largest absolute Gasteiger partial charge is 0.381 e. The first kappa shape index (κ1) is 10.8. The molecule has 0 saturated carbocycles. The van der Waals surface area contributed by atoms with Crippen molar-refractivity contribution in [3.05, 3.63) is 23.4 Å². The Hall–Kier alpha value is -1.09. The smallest absolute Gasteiger partial charge is 0.128 e. The van der Waals surface area contributed by atoms with Crippen LogP contribution < -0.4 is 4.90 Å². The summed E-state index contributed by atoms with van der Waals surface area (Å²) in [5, 5.41) is 0. The molecule has 0 bridgehead atoms. The van der Waals surface area contributed by atoms with Crippen LogP contribution in [-0.2, 0) is 17.6 Å². The van der Waals surface area contributed by atoms with Crippen LogP contribution >= 0.6 is 0 Å². The van der Waals surface area contributed by atoms with Gasteiger partial charge in [0.25, 0.3) is 0 Å². The highest BCUT2D eigenvalue weighted by molar-refractivity contribution is 5.46. The molecule has 0 radical (unpaired) electrons. The minimum atomic E-state index is 0.541. The predicted octanol–water partition coefficient (Wildman–Crippen LogP) is 2.19. The van der Waals surface area contributed by atoms with Crippen LogP contribution in [0.4, 0.5) is 5.82 Å². The second-order valence-electron chi connectivity index (χ2n) is 6.10. The Kier molecular flexibility index (Phi) is 2.37. The number of nitrogens with zero attached hydrogens (tertiary/aromatic N) is 2. The Morgan fingerprint density at radius 1 is 1.11 bits per heavy atom. The molecule has 96 valence electrons. The molecule has 3 heterocycles. The van der Waals surface area contributed by atoms with Gasteiger partial charge in [0, 0.05) is 37.4 Å². The van der Waals surface area contributed by atoms with E-state index < -0.39 is 0 Å². The number of ether oxygens (including phenoxy) is 1. The summed E-state index contributed by atoms with van der Waals surface area (Å²) in [6, 6.07) is 4.51. The van der Waals surface area contributed by atoms with Crippen molar-refractivity contribution in [2.45, 2.75) is 32.1 Å². The van der Waals surface area contributed by atoms with Crippen molar-refractivity contribution in [1.29, 1.82) is 0 Å². The van der Waals surface area contributed by atoms with Gasteiger partial charge in [-0.05, 0) is 43.7 Å². The van der Waals surface area contributed by atoms with Crippen LogP contribution in [0.5, 0.6) is 0 Å².